The van der Waals surface area contributed by atoms with Crippen LogP contribution in [0.1, 0.15) is 10.4 Å². The molecular formula is C15H12Cl2O3. The van der Waals surface area contributed by atoms with Gasteiger partial charge in [-0.15, -0.1) is 0 Å². The van der Waals surface area contributed by atoms with E-state index >= 15 is 0 Å². The summed E-state index contributed by atoms with van der Waals surface area (Å²) >= 11 is 12.0. The van der Waals surface area contributed by atoms with E-state index in [1.165, 1.54) is 0 Å². The lowest BCUT2D eigenvalue weighted by Gasteiger charge is -2.10. The SMILES string of the molecule is O=Cc1ccc(OCCOc2c(Cl)cccc2Cl)cc1. The van der Waals surface area contributed by atoms with Crippen molar-refractivity contribution in [2.45, 2.75) is 0 Å². The Hall–Kier alpha value is -1.71. The van der Waals surface area contributed by atoms with Crippen LogP contribution in [0.3, 0.4) is 0 Å². The van der Waals surface area contributed by atoms with E-state index in [1.54, 1.807) is 42.5 Å². The van der Waals surface area contributed by atoms with E-state index in [0.717, 1.165) is 6.29 Å². The van der Waals surface area contributed by atoms with E-state index in [4.69, 9.17) is 32.7 Å². The maximum absolute atomic E-state index is 10.5. The molecule has 0 aliphatic carbocycles. The molecule has 2 aromatic carbocycles. The van der Waals surface area contributed by atoms with Gasteiger partial charge in [0.15, 0.2) is 5.75 Å². The summed E-state index contributed by atoms with van der Waals surface area (Å²) in [6, 6.07) is 12.0. The van der Waals surface area contributed by atoms with Crippen molar-refractivity contribution in [3.63, 3.8) is 0 Å². The van der Waals surface area contributed by atoms with Gasteiger partial charge in [-0.25, -0.2) is 0 Å². The van der Waals surface area contributed by atoms with Gasteiger partial charge in [0, 0.05) is 5.56 Å². The number of carbonyl (C=O) groups is 1. The second-order valence-electron chi connectivity index (χ2n) is 3.93. The molecule has 20 heavy (non-hydrogen) atoms. The molecule has 104 valence electrons. The van der Waals surface area contributed by atoms with Crippen molar-refractivity contribution in [2.24, 2.45) is 0 Å². The van der Waals surface area contributed by atoms with Gasteiger partial charge in [-0.3, -0.25) is 4.79 Å². The smallest absolute Gasteiger partial charge is 0.156 e. The van der Waals surface area contributed by atoms with E-state index in [-0.39, 0.29) is 0 Å². The number of rotatable bonds is 6. The maximum atomic E-state index is 10.5. The summed E-state index contributed by atoms with van der Waals surface area (Å²) in [5, 5.41) is 0.931. The lowest BCUT2D eigenvalue weighted by Crippen LogP contribution is -2.09. The summed E-state index contributed by atoms with van der Waals surface area (Å²) in [6.45, 7) is 0.668. The summed E-state index contributed by atoms with van der Waals surface area (Å²) in [4.78, 5) is 10.5. The van der Waals surface area contributed by atoms with Gasteiger partial charge in [-0.05, 0) is 36.4 Å². The molecule has 2 rings (SSSR count). The van der Waals surface area contributed by atoms with Gasteiger partial charge in [0.25, 0.3) is 0 Å². The summed E-state index contributed by atoms with van der Waals surface area (Å²) in [5.74, 6) is 1.13. The number of carbonyl (C=O) groups excluding carboxylic acids is 1. The minimum absolute atomic E-state index is 0.318. The standard InChI is InChI=1S/C15H12Cl2O3/c16-13-2-1-3-14(17)15(13)20-9-8-19-12-6-4-11(10-18)5-7-12/h1-7,10H,8-9H2. The third-order valence-electron chi connectivity index (χ3n) is 2.53. The van der Waals surface area contributed by atoms with Crippen LogP contribution in [0.15, 0.2) is 42.5 Å². The van der Waals surface area contributed by atoms with Crippen molar-refractivity contribution in [3.8, 4) is 11.5 Å². The quantitative estimate of drug-likeness (QED) is 0.590. The van der Waals surface area contributed by atoms with Crippen LogP contribution in [0.25, 0.3) is 0 Å². The van der Waals surface area contributed by atoms with Crippen molar-refractivity contribution in [1.29, 1.82) is 0 Å². The Labute approximate surface area is 127 Å². The van der Waals surface area contributed by atoms with Gasteiger partial charge in [-0.2, -0.15) is 0 Å². The number of para-hydroxylation sites is 1. The Morgan fingerprint density at radius 2 is 1.50 bits per heavy atom. The van der Waals surface area contributed by atoms with Gasteiger partial charge >= 0.3 is 0 Å². The average Bonchev–Trinajstić information content (AvgIpc) is 2.46. The number of hydrogen-bond acceptors (Lipinski definition) is 3. The first-order valence-corrected chi connectivity index (χ1v) is 6.71. The molecule has 0 aliphatic heterocycles. The Morgan fingerprint density at radius 1 is 0.900 bits per heavy atom. The van der Waals surface area contributed by atoms with Crippen LogP contribution < -0.4 is 9.47 Å². The molecule has 0 saturated carbocycles. The summed E-state index contributed by atoms with van der Waals surface area (Å²) in [5.41, 5.74) is 0.608. The lowest BCUT2D eigenvalue weighted by atomic mass is 10.2. The second kappa shape index (κ2) is 7.17. The minimum Gasteiger partial charge on any atom is -0.490 e. The predicted molar refractivity (Wildman–Crippen MR) is 79.3 cm³/mol. The maximum Gasteiger partial charge on any atom is 0.156 e. The number of benzene rings is 2. The van der Waals surface area contributed by atoms with Crippen LogP contribution in [0.4, 0.5) is 0 Å². The zero-order chi connectivity index (χ0) is 14.4. The van der Waals surface area contributed by atoms with Crippen molar-refractivity contribution >= 4 is 29.5 Å². The van der Waals surface area contributed by atoms with E-state index in [9.17, 15) is 4.79 Å². The van der Waals surface area contributed by atoms with E-state index in [2.05, 4.69) is 0 Å². The zero-order valence-electron chi connectivity index (χ0n) is 10.5. The summed E-state index contributed by atoms with van der Waals surface area (Å²) < 4.78 is 11.0. The number of aldehydes is 1. The molecule has 0 unspecified atom stereocenters. The number of ether oxygens (including phenoxy) is 2. The molecule has 0 saturated heterocycles. The van der Waals surface area contributed by atoms with Crippen LogP contribution in [-0.2, 0) is 0 Å². The van der Waals surface area contributed by atoms with Crippen molar-refractivity contribution in [1.82, 2.24) is 0 Å². The third kappa shape index (κ3) is 3.89. The first-order chi connectivity index (χ1) is 9.70. The highest BCUT2D eigenvalue weighted by Gasteiger charge is 2.06. The fraction of sp³-hybridized carbons (Fsp3) is 0.133. The average molecular weight is 311 g/mol. The van der Waals surface area contributed by atoms with Gasteiger partial charge in [0.05, 0.1) is 10.0 Å². The minimum atomic E-state index is 0.318. The molecule has 0 spiro atoms. The van der Waals surface area contributed by atoms with Crippen LogP contribution in [0, 0.1) is 0 Å². The second-order valence-corrected chi connectivity index (χ2v) is 4.75. The Bertz CT molecular complexity index is 562. The normalized spacial score (nSPS) is 10.1. The molecule has 0 aromatic heterocycles. The van der Waals surface area contributed by atoms with E-state index < -0.39 is 0 Å². The summed E-state index contributed by atoms with van der Waals surface area (Å²) in [6.07, 6.45) is 0.784. The van der Waals surface area contributed by atoms with Crippen LogP contribution >= 0.6 is 23.2 Å². The van der Waals surface area contributed by atoms with Gasteiger partial charge in [0.2, 0.25) is 0 Å². The Morgan fingerprint density at radius 3 is 2.10 bits per heavy atom. The first-order valence-electron chi connectivity index (χ1n) is 5.95. The lowest BCUT2D eigenvalue weighted by molar-refractivity contribution is 0.112. The molecule has 0 radical (unpaired) electrons. The van der Waals surface area contributed by atoms with E-state index in [0.29, 0.717) is 40.3 Å². The molecule has 0 amide bonds. The third-order valence-corrected chi connectivity index (χ3v) is 3.13. The number of hydrogen-bond donors (Lipinski definition) is 0. The highest BCUT2D eigenvalue weighted by Crippen LogP contribution is 2.32. The highest BCUT2D eigenvalue weighted by atomic mass is 35.5. The molecule has 0 heterocycles. The first kappa shape index (κ1) is 14.7. The molecule has 5 heteroatoms. The largest absolute Gasteiger partial charge is 0.490 e. The summed E-state index contributed by atoms with van der Waals surface area (Å²) in [7, 11) is 0. The molecule has 0 bridgehead atoms. The molecule has 3 nitrogen and oxygen atoms in total. The molecule has 0 fully saturated rings. The fourth-order valence-electron chi connectivity index (χ4n) is 1.57. The van der Waals surface area contributed by atoms with Crippen molar-refractivity contribution in [2.75, 3.05) is 13.2 Å². The fourth-order valence-corrected chi connectivity index (χ4v) is 2.07. The van der Waals surface area contributed by atoms with Crippen LogP contribution in [-0.4, -0.2) is 19.5 Å². The monoisotopic (exact) mass is 310 g/mol. The van der Waals surface area contributed by atoms with Gasteiger partial charge < -0.3 is 9.47 Å². The van der Waals surface area contributed by atoms with Crippen LogP contribution in [0.2, 0.25) is 10.0 Å². The predicted octanol–water partition coefficient (Wildman–Crippen LogP) is 4.26. The topological polar surface area (TPSA) is 35.5 Å². The van der Waals surface area contributed by atoms with Gasteiger partial charge in [0.1, 0.15) is 25.2 Å². The molecule has 2 aromatic rings. The molecular weight excluding hydrogens is 299 g/mol. The number of halogens is 2. The van der Waals surface area contributed by atoms with Crippen LogP contribution in [0.5, 0.6) is 11.5 Å². The molecule has 0 aliphatic rings. The van der Waals surface area contributed by atoms with E-state index in [1.807, 2.05) is 0 Å². The zero-order valence-corrected chi connectivity index (χ0v) is 12.0. The van der Waals surface area contributed by atoms with Crippen molar-refractivity contribution in [3.05, 3.63) is 58.1 Å². The van der Waals surface area contributed by atoms with Gasteiger partial charge in [-0.1, -0.05) is 29.3 Å². The molecule has 0 N–H and O–H groups in total. The Balaban J connectivity index is 1.82. The molecule has 0 atom stereocenters. The Kier molecular flexibility index (Phi) is 5.27. The highest BCUT2D eigenvalue weighted by molar-refractivity contribution is 6.37. The van der Waals surface area contributed by atoms with Crippen molar-refractivity contribution < 1.29 is 14.3 Å².